The fraction of sp³-hybridized carbons (Fsp3) is 0.240. The number of ether oxygens (including phenoxy) is 2. The molecule has 10 heteroatoms. The maximum absolute atomic E-state index is 13.3. The fourth-order valence-corrected chi connectivity index (χ4v) is 4.00. The maximum atomic E-state index is 13.3. The SMILES string of the molecule is CN1C(=O)c2cc(-c3cncc(Cl)c3)ccc2OC(C)(Cc2cccc(OC(F)F)c2)CN=C1N. The Labute approximate surface area is 206 Å². The Morgan fingerprint density at radius 2 is 2.00 bits per heavy atom. The van der Waals surface area contributed by atoms with Crippen LogP contribution in [0.3, 0.4) is 0 Å². The van der Waals surface area contributed by atoms with Crippen LogP contribution in [0.1, 0.15) is 22.8 Å². The van der Waals surface area contributed by atoms with Gasteiger partial charge in [0.1, 0.15) is 17.1 Å². The van der Waals surface area contributed by atoms with Crippen LogP contribution < -0.4 is 15.2 Å². The predicted octanol–water partition coefficient (Wildman–Crippen LogP) is 4.78. The topological polar surface area (TPSA) is 90.0 Å². The van der Waals surface area contributed by atoms with Crippen molar-refractivity contribution in [3.63, 3.8) is 0 Å². The Morgan fingerprint density at radius 1 is 1.20 bits per heavy atom. The monoisotopic (exact) mass is 500 g/mol. The number of carbonyl (C=O) groups excluding carboxylic acids is 1. The summed E-state index contributed by atoms with van der Waals surface area (Å²) in [5.41, 5.74) is 7.58. The fourth-order valence-electron chi connectivity index (χ4n) is 3.83. The summed E-state index contributed by atoms with van der Waals surface area (Å²) in [7, 11) is 1.53. The molecule has 35 heavy (non-hydrogen) atoms. The molecule has 1 aliphatic heterocycles. The summed E-state index contributed by atoms with van der Waals surface area (Å²) in [4.78, 5) is 23.0. The van der Waals surface area contributed by atoms with Crippen molar-refractivity contribution in [2.45, 2.75) is 25.6 Å². The molecular formula is C25H23ClF2N4O3. The minimum Gasteiger partial charge on any atom is -0.484 e. The highest BCUT2D eigenvalue weighted by Crippen LogP contribution is 2.33. The molecule has 3 aromatic rings. The molecule has 2 heterocycles. The number of carbonyl (C=O) groups is 1. The van der Waals surface area contributed by atoms with E-state index in [1.165, 1.54) is 30.3 Å². The highest BCUT2D eigenvalue weighted by molar-refractivity contribution is 6.30. The molecule has 0 radical (unpaired) electrons. The molecule has 4 rings (SSSR count). The zero-order valence-electron chi connectivity index (χ0n) is 19.0. The van der Waals surface area contributed by atoms with E-state index >= 15 is 0 Å². The number of alkyl halides is 2. The van der Waals surface area contributed by atoms with Gasteiger partial charge in [-0.25, -0.2) is 4.99 Å². The lowest BCUT2D eigenvalue weighted by Gasteiger charge is -2.30. The van der Waals surface area contributed by atoms with Crippen LogP contribution in [0.5, 0.6) is 11.5 Å². The molecule has 0 fully saturated rings. The smallest absolute Gasteiger partial charge is 0.387 e. The molecule has 0 aliphatic carbocycles. The normalized spacial score (nSPS) is 18.2. The highest BCUT2D eigenvalue weighted by atomic mass is 35.5. The first kappa shape index (κ1) is 24.4. The van der Waals surface area contributed by atoms with E-state index in [-0.39, 0.29) is 23.8 Å². The van der Waals surface area contributed by atoms with Gasteiger partial charge in [-0.3, -0.25) is 14.7 Å². The summed E-state index contributed by atoms with van der Waals surface area (Å²) in [5.74, 6) is 0.0205. The molecule has 0 spiro atoms. The van der Waals surface area contributed by atoms with Crippen molar-refractivity contribution in [2.75, 3.05) is 13.6 Å². The summed E-state index contributed by atoms with van der Waals surface area (Å²) in [6.07, 6.45) is 3.46. The minimum atomic E-state index is -2.93. The van der Waals surface area contributed by atoms with E-state index in [0.717, 1.165) is 11.1 Å². The van der Waals surface area contributed by atoms with Crippen LogP contribution in [0.2, 0.25) is 5.02 Å². The number of nitrogens with zero attached hydrogens (tertiary/aromatic N) is 3. The van der Waals surface area contributed by atoms with Crippen LogP contribution in [0.15, 0.2) is 65.9 Å². The average molecular weight is 501 g/mol. The molecule has 0 saturated carbocycles. The van der Waals surface area contributed by atoms with E-state index in [0.29, 0.717) is 22.8 Å². The number of nitrogens with two attached hydrogens (primary N) is 1. The van der Waals surface area contributed by atoms with Gasteiger partial charge in [-0.1, -0.05) is 29.8 Å². The number of hydrogen-bond acceptors (Lipinski definition) is 6. The Bertz CT molecular complexity index is 1290. The van der Waals surface area contributed by atoms with E-state index in [9.17, 15) is 13.6 Å². The number of guanidine groups is 1. The number of pyridine rings is 1. The summed E-state index contributed by atoms with van der Waals surface area (Å²) >= 11 is 6.09. The number of aliphatic imine (C=N–C) groups is 1. The highest BCUT2D eigenvalue weighted by Gasteiger charge is 2.32. The van der Waals surface area contributed by atoms with Crippen molar-refractivity contribution in [1.29, 1.82) is 0 Å². The van der Waals surface area contributed by atoms with Crippen molar-refractivity contribution < 1.29 is 23.0 Å². The Kier molecular flexibility index (Phi) is 6.88. The number of aromatic nitrogens is 1. The standard InChI is InChI=1S/C25H23ClF2N4O3/c1-25(11-15-4-3-5-19(8-15)34-23(27)28)14-31-24(29)32(2)22(33)20-10-16(6-7-21(20)35-25)17-9-18(26)13-30-12-17/h3-10,12-13,23H,11,14H2,1-2H3,(H2,29,31). The van der Waals surface area contributed by atoms with Gasteiger partial charge >= 0.3 is 6.61 Å². The molecule has 1 amide bonds. The summed E-state index contributed by atoms with van der Waals surface area (Å²) in [6.45, 7) is -0.988. The number of halogens is 3. The van der Waals surface area contributed by atoms with E-state index in [1.54, 1.807) is 42.6 Å². The van der Waals surface area contributed by atoms with Gasteiger partial charge in [-0.15, -0.1) is 0 Å². The van der Waals surface area contributed by atoms with Crippen LogP contribution >= 0.6 is 11.6 Å². The third kappa shape index (κ3) is 5.68. The minimum absolute atomic E-state index is 0.0299. The van der Waals surface area contributed by atoms with Gasteiger partial charge in [-0.05, 0) is 48.4 Å². The molecule has 1 aromatic heterocycles. The zero-order chi connectivity index (χ0) is 25.2. The van der Waals surface area contributed by atoms with Crippen molar-refractivity contribution in [2.24, 2.45) is 10.7 Å². The molecule has 0 saturated heterocycles. The largest absolute Gasteiger partial charge is 0.484 e. The second kappa shape index (κ2) is 9.87. The first-order valence-corrected chi connectivity index (χ1v) is 11.1. The summed E-state index contributed by atoms with van der Waals surface area (Å²) in [5, 5.41) is 0.466. The van der Waals surface area contributed by atoms with E-state index < -0.39 is 18.1 Å². The second-order valence-corrected chi connectivity index (χ2v) is 8.83. The van der Waals surface area contributed by atoms with Crippen molar-refractivity contribution in [3.8, 4) is 22.6 Å². The van der Waals surface area contributed by atoms with Crippen LogP contribution in [0.25, 0.3) is 11.1 Å². The number of hydrogen-bond donors (Lipinski definition) is 1. The van der Waals surface area contributed by atoms with Gasteiger partial charge in [0, 0.05) is 31.4 Å². The summed E-state index contributed by atoms with van der Waals surface area (Å²) in [6, 6.07) is 13.3. The van der Waals surface area contributed by atoms with E-state index in [2.05, 4.69) is 14.7 Å². The lowest BCUT2D eigenvalue weighted by molar-refractivity contribution is -0.0499. The molecule has 1 unspecified atom stereocenters. The average Bonchev–Trinajstić information content (AvgIpc) is 2.84. The predicted molar refractivity (Wildman–Crippen MR) is 129 cm³/mol. The summed E-state index contributed by atoms with van der Waals surface area (Å²) < 4.78 is 36.2. The molecule has 0 bridgehead atoms. The Balaban J connectivity index is 1.73. The number of benzene rings is 2. The van der Waals surface area contributed by atoms with Gasteiger partial charge in [0.05, 0.1) is 17.1 Å². The third-order valence-corrected chi connectivity index (χ3v) is 5.74. The van der Waals surface area contributed by atoms with Crippen molar-refractivity contribution in [3.05, 3.63) is 77.1 Å². The first-order valence-electron chi connectivity index (χ1n) is 10.7. The number of amides is 1. The molecule has 182 valence electrons. The van der Waals surface area contributed by atoms with Gasteiger partial charge in [0.25, 0.3) is 5.91 Å². The molecule has 1 aliphatic rings. The van der Waals surface area contributed by atoms with Crippen molar-refractivity contribution in [1.82, 2.24) is 9.88 Å². The third-order valence-electron chi connectivity index (χ3n) is 5.53. The molecule has 1 atom stereocenters. The molecule has 2 N–H and O–H groups in total. The van der Waals surface area contributed by atoms with E-state index in [4.69, 9.17) is 22.1 Å². The van der Waals surface area contributed by atoms with Gasteiger partial charge in [0.2, 0.25) is 0 Å². The second-order valence-electron chi connectivity index (χ2n) is 8.40. The number of rotatable bonds is 5. The molecule has 2 aromatic carbocycles. The number of fused-ring (bicyclic) bond motifs is 1. The van der Waals surface area contributed by atoms with Gasteiger partial charge in [-0.2, -0.15) is 8.78 Å². The molecular weight excluding hydrogens is 478 g/mol. The molecule has 7 nitrogen and oxygen atoms in total. The van der Waals surface area contributed by atoms with Crippen LogP contribution in [-0.4, -0.2) is 47.6 Å². The van der Waals surface area contributed by atoms with Crippen molar-refractivity contribution >= 4 is 23.5 Å². The van der Waals surface area contributed by atoms with Crippen LogP contribution in [-0.2, 0) is 6.42 Å². The lowest BCUT2D eigenvalue weighted by atomic mass is 9.95. The van der Waals surface area contributed by atoms with Gasteiger partial charge in [0.15, 0.2) is 5.96 Å². The van der Waals surface area contributed by atoms with Gasteiger partial charge < -0.3 is 15.2 Å². The lowest BCUT2D eigenvalue weighted by Crippen LogP contribution is -2.40. The van der Waals surface area contributed by atoms with E-state index in [1.807, 2.05) is 6.92 Å². The Morgan fingerprint density at radius 3 is 2.74 bits per heavy atom. The maximum Gasteiger partial charge on any atom is 0.387 e. The first-order chi connectivity index (χ1) is 16.6. The Hall–Kier alpha value is -3.72. The van der Waals surface area contributed by atoms with Crippen LogP contribution in [0, 0.1) is 0 Å². The zero-order valence-corrected chi connectivity index (χ0v) is 19.8. The quantitative estimate of drug-likeness (QED) is 0.544. The van der Waals surface area contributed by atoms with Crippen LogP contribution in [0.4, 0.5) is 8.78 Å².